The third-order valence-electron chi connectivity index (χ3n) is 2.38. The molecule has 0 aliphatic heterocycles. The van der Waals surface area contributed by atoms with Crippen LogP contribution in [0, 0.1) is 0 Å². The van der Waals surface area contributed by atoms with Gasteiger partial charge < -0.3 is 4.74 Å². The quantitative estimate of drug-likeness (QED) is 0.606. The van der Waals surface area contributed by atoms with Crippen molar-refractivity contribution in [3.8, 4) is 0 Å². The molecule has 0 atom stereocenters. The van der Waals surface area contributed by atoms with Crippen LogP contribution in [0.5, 0.6) is 0 Å². The van der Waals surface area contributed by atoms with Crippen LogP contribution in [0.15, 0.2) is 0 Å². The maximum atomic E-state index is 5.03. The lowest BCUT2D eigenvalue weighted by Gasteiger charge is -2.30. The summed E-state index contributed by atoms with van der Waals surface area (Å²) in [5, 5.41) is 0. The SMILES string of the molecule is CCC(CC)(CCOC)NS. The largest absolute Gasteiger partial charge is 0.385 e. The van der Waals surface area contributed by atoms with Gasteiger partial charge in [-0.1, -0.05) is 26.7 Å². The van der Waals surface area contributed by atoms with Crippen molar-refractivity contribution >= 4 is 12.8 Å². The average molecular weight is 177 g/mol. The van der Waals surface area contributed by atoms with Gasteiger partial charge >= 0.3 is 0 Å². The van der Waals surface area contributed by atoms with Crippen molar-refractivity contribution in [1.29, 1.82) is 0 Å². The first-order valence-electron chi connectivity index (χ1n) is 4.15. The van der Waals surface area contributed by atoms with E-state index >= 15 is 0 Å². The zero-order valence-corrected chi connectivity index (χ0v) is 8.58. The summed E-state index contributed by atoms with van der Waals surface area (Å²) in [7, 11) is 1.73. The Kier molecular flexibility index (Phi) is 6.01. The van der Waals surface area contributed by atoms with Crippen LogP contribution < -0.4 is 4.72 Å². The number of thiol groups is 1. The Labute approximate surface area is 75.2 Å². The molecule has 0 heterocycles. The van der Waals surface area contributed by atoms with Gasteiger partial charge in [0.2, 0.25) is 0 Å². The molecule has 68 valence electrons. The maximum Gasteiger partial charge on any atom is 0.0480 e. The molecule has 1 N–H and O–H groups in total. The zero-order chi connectivity index (χ0) is 8.74. The minimum atomic E-state index is 0.166. The standard InChI is InChI=1S/C8H19NOS/c1-4-8(5-2,9-11)6-7-10-3/h9,11H,4-7H2,1-3H3. The molecule has 0 spiro atoms. The average Bonchev–Trinajstić information content (AvgIpc) is 2.08. The van der Waals surface area contributed by atoms with Crippen LogP contribution in [0.3, 0.4) is 0 Å². The second-order valence-corrected chi connectivity index (χ2v) is 3.07. The van der Waals surface area contributed by atoms with Gasteiger partial charge in [0, 0.05) is 19.3 Å². The smallest absolute Gasteiger partial charge is 0.0480 e. The van der Waals surface area contributed by atoms with E-state index in [1.807, 2.05) is 0 Å². The fourth-order valence-electron chi connectivity index (χ4n) is 1.11. The molecular weight excluding hydrogens is 158 g/mol. The van der Waals surface area contributed by atoms with Crippen LogP contribution >= 0.6 is 12.8 Å². The third-order valence-corrected chi connectivity index (χ3v) is 2.85. The van der Waals surface area contributed by atoms with Crippen LogP contribution in [0.25, 0.3) is 0 Å². The van der Waals surface area contributed by atoms with Gasteiger partial charge in [-0.05, 0) is 19.3 Å². The molecule has 0 unspecified atom stereocenters. The Bertz CT molecular complexity index is 85.8. The summed E-state index contributed by atoms with van der Waals surface area (Å²) >= 11 is 4.13. The molecule has 0 aromatic carbocycles. The van der Waals surface area contributed by atoms with Gasteiger partial charge in [-0.15, -0.1) is 0 Å². The summed E-state index contributed by atoms with van der Waals surface area (Å²) < 4.78 is 8.09. The molecule has 11 heavy (non-hydrogen) atoms. The Morgan fingerprint density at radius 2 is 1.91 bits per heavy atom. The Balaban J connectivity index is 3.84. The lowest BCUT2D eigenvalue weighted by atomic mass is 9.91. The summed E-state index contributed by atoms with van der Waals surface area (Å²) in [6.45, 7) is 5.14. The third kappa shape index (κ3) is 3.45. The molecular formula is C8H19NOS. The lowest BCUT2D eigenvalue weighted by molar-refractivity contribution is 0.160. The van der Waals surface area contributed by atoms with Crippen molar-refractivity contribution in [2.45, 2.75) is 38.6 Å². The van der Waals surface area contributed by atoms with Gasteiger partial charge in [-0.3, -0.25) is 4.72 Å². The van der Waals surface area contributed by atoms with Crippen molar-refractivity contribution < 1.29 is 4.74 Å². The van der Waals surface area contributed by atoms with Crippen molar-refractivity contribution in [3.63, 3.8) is 0 Å². The van der Waals surface area contributed by atoms with E-state index < -0.39 is 0 Å². The first-order valence-corrected chi connectivity index (χ1v) is 4.59. The molecule has 0 saturated carbocycles. The van der Waals surface area contributed by atoms with Gasteiger partial charge in [0.05, 0.1) is 0 Å². The van der Waals surface area contributed by atoms with Crippen molar-refractivity contribution in [2.24, 2.45) is 0 Å². The van der Waals surface area contributed by atoms with E-state index in [-0.39, 0.29) is 5.54 Å². The highest BCUT2D eigenvalue weighted by molar-refractivity contribution is 7.78. The highest BCUT2D eigenvalue weighted by Gasteiger charge is 2.23. The van der Waals surface area contributed by atoms with Crippen LogP contribution in [0.4, 0.5) is 0 Å². The van der Waals surface area contributed by atoms with Crippen molar-refractivity contribution in [3.05, 3.63) is 0 Å². The Morgan fingerprint density at radius 3 is 2.18 bits per heavy atom. The Hall–Kier alpha value is 0.270. The first kappa shape index (κ1) is 11.3. The molecule has 0 aromatic heterocycles. The van der Waals surface area contributed by atoms with E-state index in [1.54, 1.807) is 7.11 Å². The fourth-order valence-corrected chi connectivity index (χ4v) is 1.54. The molecule has 0 radical (unpaired) electrons. The maximum absolute atomic E-state index is 5.03. The van der Waals surface area contributed by atoms with Crippen LogP contribution in [-0.4, -0.2) is 19.3 Å². The minimum absolute atomic E-state index is 0.166. The van der Waals surface area contributed by atoms with Gasteiger partial charge in [0.15, 0.2) is 0 Å². The molecule has 2 nitrogen and oxygen atoms in total. The topological polar surface area (TPSA) is 21.3 Å². The van der Waals surface area contributed by atoms with Crippen molar-refractivity contribution in [2.75, 3.05) is 13.7 Å². The van der Waals surface area contributed by atoms with Crippen LogP contribution in [-0.2, 0) is 4.74 Å². The van der Waals surface area contributed by atoms with E-state index in [9.17, 15) is 0 Å². The molecule has 0 bridgehead atoms. The molecule has 0 aromatic rings. The van der Waals surface area contributed by atoms with Crippen LogP contribution in [0.1, 0.15) is 33.1 Å². The number of methoxy groups -OCH3 is 1. The van der Waals surface area contributed by atoms with Gasteiger partial charge in [0.25, 0.3) is 0 Å². The van der Waals surface area contributed by atoms with Gasteiger partial charge in [-0.25, -0.2) is 0 Å². The zero-order valence-electron chi connectivity index (χ0n) is 7.68. The number of hydrogen-bond acceptors (Lipinski definition) is 3. The number of ether oxygens (including phenoxy) is 1. The summed E-state index contributed by atoms with van der Waals surface area (Å²) in [5.41, 5.74) is 0.166. The van der Waals surface area contributed by atoms with E-state index in [0.717, 1.165) is 25.9 Å². The Morgan fingerprint density at radius 1 is 1.36 bits per heavy atom. The monoisotopic (exact) mass is 177 g/mol. The highest BCUT2D eigenvalue weighted by atomic mass is 32.1. The normalized spacial score (nSPS) is 12.0. The molecule has 0 fully saturated rings. The van der Waals surface area contributed by atoms with Crippen molar-refractivity contribution in [1.82, 2.24) is 4.72 Å². The molecule has 0 amide bonds. The molecule has 0 aliphatic carbocycles. The predicted octanol–water partition coefficient (Wildman–Crippen LogP) is 2.02. The highest BCUT2D eigenvalue weighted by Crippen LogP contribution is 2.19. The summed E-state index contributed by atoms with van der Waals surface area (Å²) in [5.74, 6) is 0. The minimum Gasteiger partial charge on any atom is -0.385 e. The van der Waals surface area contributed by atoms with Gasteiger partial charge in [-0.2, -0.15) is 0 Å². The number of hydrogen-bond donors (Lipinski definition) is 2. The second-order valence-electron chi connectivity index (χ2n) is 2.84. The molecule has 3 heteroatoms. The summed E-state index contributed by atoms with van der Waals surface area (Å²) in [4.78, 5) is 0. The first-order chi connectivity index (χ1) is 5.24. The van der Waals surface area contributed by atoms with Gasteiger partial charge in [0.1, 0.15) is 0 Å². The van der Waals surface area contributed by atoms with E-state index in [2.05, 4.69) is 31.4 Å². The van der Waals surface area contributed by atoms with E-state index in [4.69, 9.17) is 4.74 Å². The second kappa shape index (κ2) is 5.86. The molecule has 0 saturated heterocycles. The van der Waals surface area contributed by atoms with E-state index in [1.165, 1.54) is 0 Å². The van der Waals surface area contributed by atoms with E-state index in [0.29, 0.717) is 0 Å². The lowest BCUT2D eigenvalue weighted by Crippen LogP contribution is -2.39. The summed E-state index contributed by atoms with van der Waals surface area (Å²) in [6.07, 6.45) is 3.22. The molecule has 0 aliphatic rings. The fraction of sp³-hybridized carbons (Fsp3) is 1.00. The number of nitrogens with one attached hydrogen (secondary N) is 1. The predicted molar refractivity (Wildman–Crippen MR) is 51.9 cm³/mol. The summed E-state index contributed by atoms with van der Waals surface area (Å²) in [6, 6.07) is 0. The van der Waals surface area contributed by atoms with Crippen LogP contribution in [0.2, 0.25) is 0 Å². The molecule has 0 rings (SSSR count). The number of rotatable bonds is 6.